The Labute approximate surface area is 196 Å². The molecule has 0 aliphatic carbocycles. The molecule has 0 aliphatic rings. The molecule has 1 aromatic carbocycles. The first kappa shape index (κ1) is 22.4. The van der Waals surface area contributed by atoms with Crippen molar-refractivity contribution in [3.05, 3.63) is 59.5 Å². The van der Waals surface area contributed by atoms with Crippen LogP contribution in [0, 0.1) is 11.3 Å². The number of aromatic amines is 1. The summed E-state index contributed by atoms with van der Waals surface area (Å²) in [6.07, 6.45) is 2.49. The summed E-state index contributed by atoms with van der Waals surface area (Å²) < 4.78 is 27.9. The molecule has 0 saturated heterocycles. The van der Waals surface area contributed by atoms with Gasteiger partial charge in [0, 0.05) is 23.6 Å². The molecular formula is C20H14ClN6O4S2+. The fourth-order valence-corrected chi connectivity index (χ4v) is 6.31. The molecule has 0 aliphatic heterocycles. The lowest BCUT2D eigenvalue weighted by atomic mass is 10.1. The van der Waals surface area contributed by atoms with Gasteiger partial charge < -0.3 is 5.21 Å². The van der Waals surface area contributed by atoms with Crippen LogP contribution in [0.4, 0.5) is 5.82 Å². The molecule has 0 unspecified atom stereocenters. The number of thiophene rings is 1. The molecule has 4 rings (SSSR count). The van der Waals surface area contributed by atoms with Gasteiger partial charge in [-0.3, -0.25) is 5.10 Å². The van der Waals surface area contributed by atoms with Gasteiger partial charge >= 0.3 is 11.7 Å². The van der Waals surface area contributed by atoms with Crippen LogP contribution in [0.3, 0.4) is 0 Å². The summed E-state index contributed by atoms with van der Waals surface area (Å²) in [4.78, 5) is 15.8. The zero-order valence-corrected chi connectivity index (χ0v) is 19.2. The first-order valence-corrected chi connectivity index (χ1v) is 11.9. The summed E-state index contributed by atoms with van der Waals surface area (Å²) in [6, 6.07) is 10.5. The lowest BCUT2D eigenvalue weighted by Gasteiger charge is -2.06. The van der Waals surface area contributed by atoms with Crippen LogP contribution in [0.5, 0.6) is 0 Å². The second kappa shape index (κ2) is 8.62. The predicted molar refractivity (Wildman–Crippen MR) is 118 cm³/mol. The molecule has 3 N–H and O–H groups in total. The topological polar surface area (TPSA) is 153 Å². The number of carbonyl (C=O) groups excluding carboxylic acids is 1. The highest BCUT2D eigenvalue weighted by Crippen LogP contribution is 2.45. The Kier molecular flexibility index (Phi) is 5.86. The summed E-state index contributed by atoms with van der Waals surface area (Å²) in [5, 5.41) is 29.2. The van der Waals surface area contributed by atoms with Crippen LogP contribution in [0.15, 0.2) is 58.7 Å². The number of sulfone groups is 1. The molecule has 0 saturated carbocycles. The SMILES string of the molecule is CC(=O)Nc1cc(-c2sc(-c3ncn[nH]3)c(S(=O)(=O)c3ccc(Cl)cc3)c2C#N)cc[n+]1O. The Bertz CT molecular complexity index is 1510. The molecular weight excluding hydrogens is 488 g/mol. The van der Waals surface area contributed by atoms with Crippen molar-refractivity contribution in [2.45, 2.75) is 16.7 Å². The zero-order valence-electron chi connectivity index (χ0n) is 16.8. The first-order chi connectivity index (χ1) is 15.7. The Morgan fingerprint density at radius 3 is 2.61 bits per heavy atom. The van der Waals surface area contributed by atoms with Crippen molar-refractivity contribution in [3.63, 3.8) is 0 Å². The van der Waals surface area contributed by atoms with Gasteiger partial charge in [-0.15, -0.1) is 11.3 Å². The standard InChI is InChI=1S/C20H13ClN6O4S2/c1-11(28)25-16-8-12(6-7-27(16)29)17-15(9-22)19(18(32-17)20-23-10-24-26-20)33(30,31)14-4-2-13(21)3-5-14/h2-8,10,29H,1H3,(H,23,24,25,26,28)/p+1. The number of aromatic nitrogens is 4. The van der Waals surface area contributed by atoms with Crippen LogP contribution in [0.1, 0.15) is 12.5 Å². The van der Waals surface area contributed by atoms with Crippen molar-refractivity contribution < 1.29 is 23.1 Å². The van der Waals surface area contributed by atoms with Gasteiger partial charge in [0.2, 0.25) is 9.84 Å². The average molecular weight is 502 g/mol. The number of anilines is 1. The molecule has 13 heteroatoms. The summed E-state index contributed by atoms with van der Waals surface area (Å²) in [5.74, 6) is -0.207. The Morgan fingerprint density at radius 1 is 1.27 bits per heavy atom. The second-order valence-corrected chi connectivity index (χ2v) is 10.0. The van der Waals surface area contributed by atoms with Crippen LogP contribution in [0.25, 0.3) is 21.1 Å². The zero-order chi connectivity index (χ0) is 23.8. The number of pyridine rings is 1. The van der Waals surface area contributed by atoms with Gasteiger partial charge in [0.1, 0.15) is 23.5 Å². The molecule has 4 aromatic rings. The number of rotatable bonds is 5. The number of hydrogen-bond acceptors (Lipinski definition) is 8. The van der Waals surface area contributed by atoms with E-state index in [-0.39, 0.29) is 31.9 Å². The number of halogens is 1. The minimum absolute atomic E-state index is 0.0422. The van der Waals surface area contributed by atoms with Gasteiger partial charge in [-0.2, -0.15) is 10.4 Å². The summed E-state index contributed by atoms with van der Waals surface area (Å²) in [7, 11) is -4.16. The molecule has 3 aromatic heterocycles. The molecule has 10 nitrogen and oxygen atoms in total. The number of carbonyl (C=O) groups is 1. The summed E-state index contributed by atoms with van der Waals surface area (Å²) >= 11 is 6.92. The molecule has 3 heterocycles. The van der Waals surface area contributed by atoms with Crippen LogP contribution >= 0.6 is 22.9 Å². The molecule has 0 spiro atoms. The van der Waals surface area contributed by atoms with E-state index >= 15 is 0 Å². The van der Waals surface area contributed by atoms with Gasteiger partial charge in [-0.1, -0.05) is 16.3 Å². The minimum Gasteiger partial charge on any atom is -0.350 e. The van der Waals surface area contributed by atoms with Gasteiger partial charge in [-0.05, 0) is 30.3 Å². The van der Waals surface area contributed by atoms with Crippen molar-refractivity contribution in [2.75, 3.05) is 5.32 Å². The van der Waals surface area contributed by atoms with Gasteiger partial charge in [-0.25, -0.2) is 23.5 Å². The number of nitrogens with zero attached hydrogens (tertiary/aromatic N) is 4. The number of nitrogens with one attached hydrogen (secondary N) is 2. The highest BCUT2D eigenvalue weighted by atomic mass is 35.5. The molecule has 0 radical (unpaired) electrons. The van der Waals surface area contributed by atoms with Crippen LogP contribution in [-0.2, 0) is 14.6 Å². The smallest absolute Gasteiger partial charge is 0.321 e. The van der Waals surface area contributed by atoms with Crippen LogP contribution < -0.4 is 10.0 Å². The fourth-order valence-electron chi connectivity index (χ4n) is 3.09. The van der Waals surface area contributed by atoms with Gasteiger partial charge in [0.25, 0.3) is 0 Å². The average Bonchev–Trinajstić information content (AvgIpc) is 3.43. The molecule has 0 atom stereocenters. The van der Waals surface area contributed by atoms with E-state index in [1.165, 1.54) is 55.8 Å². The second-order valence-electron chi connectivity index (χ2n) is 6.69. The minimum atomic E-state index is -4.16. The van der Waals surface area contributed by atoms with E-state index in [2.05, 4.69) is 20.5 Å². The van der Waals surface area contributed by atoms with Crippen LogP contribution in [0.2, 0.25) is 5.02 Å². The van der Waals surface area contributed by atoms with E-state index in [9.17, 15) is 23.7 Å². The Balaban J connectivity index is 2.00. The van der Waals surface area contributed by atoms with Crippen molar-refractivity contribution in [2.24, 2.45) is 0 Å². The van der Waals surface area contributed by atoms with Crippen molar-refractivity contribution in [3.8, 4) is 27.2 Å². The number of hydrogen-bond donors (Lipinski definition) is 3. The van der Waals surface area contributed by atoms with Crippen molar-refractivity contribution >= 4 is 44.5 Å². The normalized spacial score (nSPS) is 11.2. The maximum absolute atomic E-state index is 13.6. The van der Waals surface area contributed by atoms with Crippen LogP contribution in [-0.4, -0.2) is 34.7 Å². The predicted octanol–water partition coefficient (Wildman–Crippen LogP) is 3.04. The Morgan fingerprint density at radius 2 is 2.00 bits per heavy atom. The van der Waals surface area contributed by atoms with Gasteiger partial charge in [0.15, 0.2) is 5.82 Å². The lowest BCUT2D eigenvalue weighted by Crippen LogP contribution is -2.34. The largest absolute Gasteiger partial charge is 0.350 e. The van der Waals surface area contributed by atoms with E-state index in [1.807, 2.05) is 6.07 Å². The van der Waals surface area contributed by atoms with E-state index < -0.39 is 15.7 Å². The van der Waals surface area contributed by atoms with Crippen molar-refractivity contribution in [1.29, 1.82) is 5.26 Å². The maximum Gasteiger partial charge on any atom is 0.321 e. The van der Waals surface area contributed by atoms with E-state index in [0.29, 0.717) is 20.2 Å². The fraction of sp³-hybridized carbons (Fsp3) is 0.0500. The molecule has 33 heavy (non-hydrogen) atoms. The molecule has 1 amide bonds. The monoisotopic (exact) mass is 501 g/mol. The quantitative estimate of drug-likeness (QED) is 0.280. The van der Waals surface area contributed by atoms with E-state index in [0.717, 1.165) is 11.3 Å². The molecule has 166 valence electrons. The third-order valence-electron chi connectivity index (χ3n) is 4.50. The lowest BCUT2D eigenvalue weighted by molar-refractivity contribution is -0.893. The Hall–Kier alpha value is -3.79. The molecule has 0 bridgehead atoms. The number of nitriles is 1. The number of benzene rings is 1. The highest BCUT2D eigenvalue weighted by molar-refractivity contribution is 7.92. The van der Waals surface area contributed by atoms with Crippen molar-refractivity contribution in [1.82, 2.24) is 15.2 Å². The summed E-state index contributed by atoms with van der Waals surface area (Å²) in [6.45, 7) is 1.28. The van der Waals surface area contributed by atoms with E-state index in [1.54, 1.807) is 0 Å². The first-order valence-electron chi connectivity index (χ1n) is 9.18. The third-order valence-corrected chi connectivity index (χ3v) is 7.96. The van der Waals surface area contributed by atoms with E-state index in [4.69, 9.17) is 11.6 Å². The maximum atomic E-state index is 13.6. The third kappa shape index (κ3) is 4.17. The molecule has 0 fully saturated rings. The number of H-pyrrole nitrogens is 1. The number of amides is 1. The highest BCUT2D eigenvalue weighted by Gasteiger charge is 2.33. The van der Waals surface area contributed by atoms with Gasteiger partial charge in [0.05, 0.1) is 20.2 Å². The summed E-state index contributed by atoms with van der Waals surface area (Å²) in [5.41, 5.74) is 0.301.